The normalized spacial score (nSPS) is 18.8. The molecule has 3 rings (SSSR count). The highest BCUT2D eigenvalue weighted by Crippen LogP contribution is 2.17. The molecule has 2 aromatic rings. The average molecular weight is 282 g/mol. The summed E-state index contributed by atoms with van der Waals surface area (Å²) in [6, 6.07) is 5.63. The van der Waals surface area contributed by atoms with E-state index < -0.39 is 0 Å². The van der Waals surface area contributed by atoms with Gasteiger partial charge in [0, 0.05) is 37.5 Å². The topological polar surface area (TPSA) is 59.0 Å². The van der Waals surface area contributed by atoms with Gasteiger partial charge in [0.15, 0.2) is 5.82 Å². The van der Waals surface area contributed by atoms with E-state index in [-0.39, 0.29) is 11.7 Å². The van der Waals surface area contributed by atoms with Crippen LogP contribution in [0.4, 0.5) is 0 Å². The van der Waals surface area contributed by atoms with Gasteiger partial charge in [-0.25, -0.2) is 9.97 Å². The van der Waals surface area contributed by atoms with Crippen molar-refractivity contribution in [3.05, 3.63) is 42.4 Å². The Morgan fingerprint density at radius 2 is 2.10 bits per heavy atom. The second kappa shape index (κ2) is 6.10. The van der Waals surface area contributed by atoms with E-state index in [4.69, 9.17) is 0 Å². The summed E-state index contributed by atoms with van der Waals surface area (Å²) in [6.45, 7) is 1.87. The van der Waals surface area contributed by atoms with Crippen LogP contribution in [-0.4, -0.2) is 45.8 Å². The summed E-state index contributed by atoms with van der Waals surface area (Å²) < 4.78 is 0. The molecule has 2 aromatic heterocycles. The Morgan fingerprint density at radius 3 is 2.71 bits per heavy atom. The minimum Gasteiger partial charge on any atom is -0.306 e. The molecule has 0 saturated carbocycles. The van der Waals surface area contributed by atoms with Crippen molar-refractivity contribution in [1.82, 2.24) is 19.9 Å². The number of carbonyl (C=O) groups is 1. The van der Waals surface area contributed by atoms with Crippen molar-refractivity contribution < 1.29 is 4.79 Å². The van der Waals surface area contributed by atoms with Gasteiger partial charge in [-0.1, -0.05) is 6.07 Å². The van der Waals surface area contributed by atoms with Crippen LogP contribution in [-0.2, 0) is 11.2 Å². The van der Waals surface area contributed by atoms with Gasteiger partial charge in [0.1, 0.15) is 11.5 Å². The number of likely N-dealkylation sites (tertiary alicyclic amines) is 1. The second-order valence-electron chi connectivity index (χ2n) is 5.52. The number of aromatic nitrogens is 3. The van der Waals surface area contributed by atoms with Crippen molar-refractivity contribution in [2.24, 2.45) is 5.92 Å². The highest BCUT2D eigenvalue weighted by atomic mass is 16.1. The molecular weight excluding hydrogens is 264 g/mol. The third kappa shape index (κ3) is 3.31. The molecule has 108 valence electrons. The highest BCUT2D eigenvalue weighted by Gasteiger charge is 2.25. The summed E-state index contributed by atoms with van der Waals surface area (Å²) in [4.78, 5) is 27.2. The Kier molecular flexibility index (Phi) is 4.01. The van der Waals surface area contributed by atoms with Crippen molar-refractivity contribution in [2.75, 3.05) is 20.1 Å². The summed E-state index contributed by atoms with van der Waals surface area (Å²) >= 11 is 0. The molecule has 5 heteroatoms. The number of Topliss-reactive ketones (excluding diaryl/α,β-unsaturated/α-hetero) is 1. The van der Waals surface area contributed by atoms with Crippen molar-refractivity contribution in [1.29, 1.82) is 0 Å². The van der Waals surface area contributed by atoms with Gasteiger partial charge < -0.3 is 4.90 Å². The lowest BCUT2D eigenvalue weighted by molar-refractivity contribution is -0.121. The Hall–Kier alpha value is -2.14. The Balaban J connectivity index is 1.66. The molecule has 1 fully saturated rings. The van der Waals surface area contributed by atoms with E-state index >= 15 is 0 Å². The van der Waals surface area contributed by atoms with Crippen LogP contribution in [0, 0.1) is 5.92 Å². The zero-order valence-corrected chi connectivity index (χ0v) is 12.1. The maximum absolute atomic E-state index is 12.2. The molecule has 3 heterocycles. The molecule has 1 unspecified atom stereocenters. The average Bonchev–Trinajstić information content (AvgIpc) is 2.96. The maximum atomic E-state index is 12.2. The van der Waals surface area contributed by atoms with Gasteiger partial charge in [-0.05, 0) is 37.7 Å². The van der Waals surface area contributed by atoms with Crippen LogP contribution in [0.2, 0.25) is 0 Å². The molecular formula is C16H18N4O. The molecule has 0 aliphatic carbocycles. The first-order valence-corrected chi connectivity index (χ1v) is 7.16. The summed E-state index contributed by atoms with van der Waals surface area (Å²) in [5.41, 5.74) is 1.61. The molecule has 0 radical (unpaired) electrons. The summed E-state index contributed by atoms with van der Waals surface area (Å²) in [5.74, 6) is 1.03. The van der Waals surface area contributed by atoms with E-state index in [2.05, 4.69) is 26.9 Å². The molecule has 21 heavy (non-hydrogen) atoms. The zero-order chi connectivity index (χ0) is 14.7. The molecule has 1 aliphatic heterocycles. The van der Waals surface area contributed by atoms with Crippen molar-refractivity contribution in [3.8, 4) is 11.5 Å². The van der Waals surface area contributed by atoms with Gasteiger partial charge in [-0.2, -0.15) is 0 Å². The fourth-order valence-corrected chi connectivity index (χ4v) is 2.62. The minimum atomic E-state index is 0.158. The van der Waals surface area contributed by atoms with E-state index in [9.17, 15) is 4.79 Å². The largest absolute Gasteiger partial charge is 0.306 e. The fraction of sp³-hybridized carbons (Fsp3) is 0.375. The minimum absolute atomic E-state index is 0.158. The number of hydrogen-bond donors (Lipinski definition) is 0. The maximum Gasteiger partial charge on any atom is 0.178 e. The Bertz CT molecular complexity index is 612. The molecule has 0 N–H and O–H groups in total. The lowest BCUT2D eigenvalue weighted by atomic mass is 9.98. The number of pyridine rings is 1. The van der Waals surface area contributed by atoms with Gasteiger partial charge in [-0.3, -0.25) is 9.78 Å². The number of nitrogens with zero attached hydrogens (tertiary/aromatic N) is 4. The van der Waals surface area contributed by atoms with Gasteiger partial charge in [-0.15, -0.1) is 0 Å². The highest BCUT2D eigenvalue weighted by molar-refractivity contribution is 5.83. The first kappa shape index (κ1) is 13.8. The molecule has 0 spiro atoms. The predicted octanol–water partition coefficient (Wildman–Crippen LogP) is 1.60. The second-order valence-corrected chi connectivity index (χ2v) is 5.52. The van der Waals surface area contributed by atoms with E-state index in [1.807, 2.05) is 18.2 Å². The van der Waals surface area contributed by atoms with Crippen LogP contribution < -0.4 is 0 Å². The molecule has 1 aliphatic rings. The van der Waals surface area contributed by atoms with Gasteiger partial charge in [0.2, 0.25) is 0 Å². The van der Waals surface area contributed by atoms with E-state index in [0.717, 1.165) is 30.8 Å². The predicted molar refractivity (Wildman–Crippen MR) is 79.6 cm³/mol. The number of ketones is 1. The Morgan fingerprint density at radius 1 is 1.29 bits per heavy atom. The van der Waals surface area contributed by atoms with E-state index in [1.54, 1.807) is 18.6 Å². The molecule has 0 bridgehead atoms. The number of rotatable bonds is 4. The van der Waals surface area contributed by atoms with Crippen molar-refractivity contribution in [3.63, 3.8) is 0 Å². The van der Waals surface area contributed by atoms with Crippen LogP contribution in [0.5, 0.6) is 0 Å². The van der Waals surface area contributed by atoms with Crippen LogP contribution in [0.1, 0.15) is 12.0 Å². The van der Waals surface area contributed by atoms with E-state index in [1.165, 1.54) is 0 Å². The smallest absolute Gasteiger partial charge is 0.178 e. The van der Waals surface area contributed by atoms with Gasteiger partial charge in [0.05, 0.1) is 0 Å². The van der Waals surface area contributed by atoms with Crippen LogP contribution in [0.3, 0.4) is 0 Å². The quantitative estimate of drug-likeness (QED) is 0.852. The lowest BCUT2D eigenvalue weighted by Crippen LogP contribution is -2.21. The standard InChI is InChI=1S/C16H18N4O/c1-20-7-5-13(11-20)15(21)8-12-9-18-16(19-10-12)14-4-2-3-6-17-14/h2-4,6,9-10,13H,5,7-8,11H2,1H3. The van der Waals surface area contributed by atoms with Crippen molar-refractivity contribution in [2.45, 2.75) is 12.8 Å². The van der Waals surface area contributed by atoms with E-state index in [0.29, 0.717) is 12.2 Å². The monoisotopic (exact) mass is 282 g/mol. The molecule has 5 nitrogen and oxygen atoms in total. The molecule has 1 saturated heterocycles. The third-order valence-electron chi connectivity index (χ3n) is 3.82. The molecule has 0 amide bonds. The summed E-state index contributed by atoms with van der Waals surface area (Å²) in [5, 5.41) is 0. The van der Waals surface area contributed by atoms with Gasteiger partial charge >= 0.3 is 0 Å². The van der Waals surface area contributed by atoms with Crippen LogP contribution >= 0.6 is 0 Å². The van der Waals surface area contributed by atoms with Gasteiger partial charge in [0.25, 0.3) is 0 Å². The molecule has 0 aromatic carbocycles. The van der Waals surface area contributed by atoms with Crippen LogP contribution in [0.15, 0.2) is 36.8 Å². The zero-order valence-electron chi connectivity index (χ0n) is 12.1. The van der Waals surface area contributed by atoms with Crippen molar-refractivity contribution >= 4 is 5.78 Å². The third-order valence-corrected chi connectivity index (χ3v) is 3.82. The summed E-state index contributed by atoms with van der Waals surface area (Å²) in [6.07, 6.45) is 6.55. The lowest BCUT2D eigenvalue weighted by Gasteiger charge is -2.09. The fourth-order valence-electron chi connectivity index (χ4n) is 2.62. The Labute approximate surface area is 124 Å². The SMILES string of the molecule is CN1CCC(C(=O)Cc2cnc(-c3ccccn3)nc2)C1. The van der Waals surface area contributed by atoms with Crippen LogP contribution in [0.25, 0.3) is 11.5 Å². The number of carbonyl (C=O) groups excluding carboxylic acids is 1. The number of hydrogen-bond acceptors (Lipinski definition) is 5. The summed E-state index contributed by atoms with van der Waals surface area (Å²) in [7, 11) is 2.05. The first-order valence-electron chi connectivity index (χ1n) is 7.16. The first-order chi connectivity index (χ1) is 10.2. The molecule has 1 atom stereocenters.